The first-order valence-corrected chi connectivity index (χ1v) is 10.5. The Balaban J connectivity index is 1.46. The van der Waals surface area contributed by atoms with Crippen molar-refractivity contribution < 1.29 is 13.3 Å². The van der Waals surface area contributed by atoms with Gasteiger partial charge in [-0.1, -0.05) is 6.07 Å². The molecule has 0 amide bonds. The minimum Gasteiger partial charge on any atom is -0.369 e. The molecule has 0 aromatic heterocycles. The summed E-state index contributed by atoms with van der Waals surface area (Å²) in [6.45, 7) is 1.91. The minimum atomic E-state index is -3.49. The first kappa shape index (κ1) is 17.9. The molecule has 1 saturated heterocycles. The molecule has 142 valence electrons. The molecule has 0 atom stereocenters. The second-order valence-corrected chi connectivity index (χ2v) is 8.89. The highest BCUT2D eigenvalue weighted by Gasteiger charge is 2.29. The predicted octanol–water partition coefficient (Wildman–Crippen LogP) is 2.59. The lowest BCUT2D eigenvalue weighted by Gasteiger charge is -2.35. The van der Waals surface area contributed by atoms with Gasteiger partial charge in [0.05, 0.1) is 9.82 Å². The van der Waals surface area contributed by atoms with E-state index in [2.05, 4.69) is 4.90 Å². The second-order valence-electron chi connectivity index (χ2n) is 6.95. The minimum absolute atomic E-state index is 0.0524. The number of fused-ring (bicyclic) bond motifs is 1. The number of nitro groups is 1. The zero-order valence-electron chi connectivity index (χ0n) is 14.9. The molecular formula is C19H21N3O4S. The van der Waals surface area contributed by atoms with Gasteiger partial charge in [0.2, 0.25) is 10.0 Å². The van der Waals surface area contributed by atoms with Gasteiger partial charge in [0.15, 0.2) is 0 Å². The van der Waals surface area contributed by atoms with E-state index in [1.807, 2.05) is 12.1 Å². The van der Waals surface area contributed by atoms with Gasteiger partial charge >= 0.3 is 0 Å². The van der Waals surface area contributed by atoms with Crippen molar-refractivity contribution >= 4 is 21.4 Å². The average Bonchev–Trinajstić information content (AvgIpc) is 3.16. The number of sulfonamides is 1. The first-order valence-electron chi connectivity index (χ1n) is 9.06. The summed E-state index contributed by atoms with van der Waals surface area (Å²) >= 11 is 0. The zero-order chi connectivity index (χ0) is 19.0. The summed E-state index contributed by atoms with van der Waals surface area (Å²) in [5.41, 5.74) is 3.34. The van der Waals surface area contributed by atoms with Gasteiger partial charge in [-0.15, -0.1) is 0 Å². The van der Waals surface area contributed by atoms with E-state index in [1.165, 1.54) is 22.0 Å². The molecule has 1 aliphatic carbocycles. The quantitative estimate of drug-likeness (QED) is 0.595. The van der Waals surface area contributed by atoms with Gasteiger partial charge in [0.25, 0.3) is 5.69 Å². The normalized spacial score (nSPS) is 17.7. The SMILES string of the molecule is O=[N+]([O-])c1ccc(N2CCN(S(=O)(=O)c3ccc4c(c3)CCC4)CC2)cc1. The maximum absolute atomic E-state index is 13.0. The zero-order valence-corrected chi connectivity index (χ0v) is 15.7. The van der Waals surface area contributed by atoms with Crippen LogP contribution in [0.5, 0.6) is 0 Å². The summed E-state index contributed by atoms with van der Waals surface area (Å²) in [5.74, 6) is 0. The number of nitro benzene ring substituents is 1. The third-order valence-corrected chi connectivity index (χ3v) is 7.27. The van der Waals surface area contributed by atoms with Gasteiger partial charge < -0.3 is 4.90 Å². The summed E-state index contributed by atoms with van der Waals surface area (Å²) in [7, 11) is -3.49. The topological polar surface area (TPSA) is 83.8 Å². The van der Waals surface area contributed by atoms with Crippen LogP contribution in [0.4, 0.5) is 11.4 Å². The fraction of sp³-hybridized carbons (Fsp3) is 0.368. The molecule has 1 aliphatic heterocycles. The first-order chi connectivity index (χ1) is 12.9. The highest BCUT2D eigenvalue weighted by atomic mass is 32.2. The Morgan fingerprint density at radius 1 is 0.889 bits per heavy atom. The summed E-state index contributed by atoms with van der Waals surface area (Å²) in [6, 6.07) is 11.9. The van der Waals surface area contributed by atoms with Crippen molar-refractivity contribution in [2.24, 2.45) is 0 Å². The van der Waals surface area contributed by atoms with Crippen LogP contribution >= 0.6 is 0 Å². The molecular weight excluding hydrogens is 366 g/mol. The van der Waals surface area contributed by atoms with Crippen LogP contribution in [0.15, 0.2) is 47.4 Å². The number of hydrogen-bond acceptors (Lipinski definition) is 5. The number of nitrogens with zero attached hydrogens (tertiary/aromatic N) is 3. The molecule has 0 unspecified atom stereocenters. The molecule has 1 fully saturated rings. The van der Waals surface area contributed by atoms with Crippen LogP contribution in [0.2, 0.25) is 0 Å². The number of anilines is 1. The Labute approximate surface area is 158 Å². The fourth-order valence-electron chi connectivity index (χ4n) is 3.83. The predicted molar refractivity (Wildman–Crippen MR) is 103 cm³/mol. The van der Waals surface area contributed by atoms with Gasteiger partial charge in [-0.05, 0) is 54.7 Å². The van der Waals surface area contributed by atoms with Crippen LogP contribution in [0, 0.1) is 10.1 Å². The van der Waals surface area contributed by atoms with Crippen molar-refractivity contribution in [3.63, 3.8) is 0 Å². The van der Waals surface area contributed by atoms with Crippen LogP contribution in [0.25, 0.3) is 0 Å². The number of rotatable bonds is 4. The molecule has 0 saturated carbocycles. The number of piperazine rings is 1. The maximum atomic E-state index is 13.0. The van der Waals surface area contributed by atoms with Crippen molar-refractivity contribution in [3.8, 4) is 0 Å². The molecule has 27 heavy (non-hydrogen) atoms. The van der Waals surface area contributed by atoms with E-state index in [9.17, 15) is 18.5 Å². The highest BCUT2D eigenvalue weighted by Crippen LogP contribution is 2.27. The lowest BCUT2D eigenvalue weighted by molar-refractivity contribution is -0.384. The highest BCUT2D eigenvalue weighted by molar-refractivity contribution is 7.89. The van der Waals surface area contributed by atoms with Crippen molar-refractivity contribution in [2.45, 2.75) is 24.2 Å². The standard InChI is InChI=1S/C19H21N3O4S/c23-22(24)18-7-5-17(6-8-18)20-10-12-21(13-11-20)27(25,26)19-9-4-15-2-1-3-16(15)14-19/h4-9,14H,1-3,10-13H2. The molecule has 2 aliphatic rings. The molecule has 2 aromatic carbocycles. The number of hydrogen-bond donors (Lipinski definition) is 0. The Hall–Kier alpha value is -2.45. The van der Waals surface area contributed by atoms with Crippen LogP contribution in [-0.4, -0.2) is 43.8 Å². The maximum Gasteiger partial charge on any atom is 0.269 e. The molecule has 2 aromatic rings. The number of non-ortho nitro benzene ring substituents is 1. The van der Waals surface area contributed by atoms with Gasteiger partial charge in [0, 0.05) is 44.0 Å². The van der Waals surface area contributed by atoms with E-state index in [-0.39, 0.29) is 5.69 Å². The lowest BCUT2D eigenvalue weighted by atomic mass is 10.1. The lowest BCUT2D eigenvalue weighted by Crippen LogP contribution is -2.48. The molecule has 4 rings (SSSR count). The van der Waals surface area contributed by atoms with Crippen molar-refractivity contribution in [3.05, 3.63) is 63.7 Å². The van der Waals surface area contributed by atoms with Crippen molar-refractivity contribution in [1.29, 1.82) is 0 Å². The average molecular weight is 387 g/mol. The third-order valence-electron chi connectivity index (χ3n) is 5.37. The van der Waals surface area contributed by atoms with E-state index in [1.54, 1.807) is 18.2 Å². The molecule has 0 N–H and O–H groups in total. The van der Waals surface area contributed by atoms with Crippen LogP contribution in [-0.2, 0) is 22.9 Å². The van der Waals surface area contributed by atoms with Gasteiger partial charge in [0.1, 0.15) is 0 Å². The molecule has 0 bridgehead atoms. The summed E-state index contributed by atoms with van der Waals surface area (Å²) < 4.78 is 27.5. The summed E-state index contributed by atoms with van der Waals surface area (Å²) in [4.78, 5) is 12.8. The smallest absolute Gasteiger partial charge is 0.269 e. The fourth-order valence-corrected chi connectivity index (χ4v) is 5.30. The molecule has 1 heterocycles. The van der Waals surface area contributed by atoms with E-state index in [0.717, 1.165) is 30.5 Å². The van der Waals surface area contributed by atoms with E-state index >= 15 is 0 Å². The van der Waals surface area contributed by atoms with Gasteiger partial charge in [-0.25, -0.2) is 8.42 Å². The monoisotopic (exact) mass is 387 g/mol. The third kappa shape index (κ3) is 3.42. The second kappa shape index (κ2) is 6.94. The number of aryl methyl sites for hydroxylation is 2. The van der Waals surface area contributed by atoms with Gasteiger partial charge in [-0.3, -0.25) is 10.1 Å². The van der Waals surface area contributed by atoms with Crippen LogP contribution in [0.3, 0.4) is 0 Å². The van der Waals surface area contributed by atoms with E-state index < -0.39 is 14.9 Å². The Morgan fingerprint density at radius 3 is 2.22 bits per heavy atom. The Morgan fingerprint density at radius 2 is 1.56 bits per heavy atom. The summed E-state index contributed by atoms with van der Waals surface area (Å²) in [5, 5.41) is 10.8. The van der Waals surface area contributed by atoms with Crippen molar-refractivity contribution in [2.75, 3.05) is 31.1 Å². The molecule has 0 radical (unpaired) electrons. The molecule has 8 heteroatoms. The largest absolute Gasteiger partial charge is 0.369 e. The van der Waals surface area contributed by atoms with E-state index in [4.69, 9.17) is 0 Å². The Bertz CT molecular complexity index is 965. The van der Waals surface area contributed by atoms with Crippen LogP contribution < -0.4 is 4.90 Å². The van der Waals surface area contributed by atoms with Gasteiger partial charge in [-0.2, -0.15) is 4.31 Å². The summed E-state index contributed by atoms with van der Waals surface area (Å²) in [6.07, 6.45) is 3.07. The van der Waals surface area contributed by atoms with Crippen molar-refractivity contribution in [1.82, 2.24) is 4.31 Å². The molecule has 7 nitrogen and oxygen atoms in total. The Kier molecular flexibility index (Phi) is 4.61. The van der Waals surface area contributed by atoms with Crippen LogP contribution in [0.1, 0.15) is 17.5 Å². The number of benzene rings is 2. The molecule has 0 spiro atoms. The van der Waals surface area contributed by atoms with E-state index in [0.29, 0.717) is 31.1 Å².